The van der Waals surface area contributed by atoms with Crippen LogP contribution >= 0.6 is 9.07 Å². The third-order valence-corrected chi connectivity index (χ3v) is 4.42. The van der Waals surface area contributed by atoms with Crippen LogP contribution in [-0.2, 0) is 0 Å². The van der Waals surface area contributed by atoms with Gasteiger partial charge in [-0.1, -0.05) is 42.0 Å². The molecule has 2 aromatic rings. The summed E-state index contributed by atoms with van der Waals surface area (Å²) < 4.78 is 1.39. The molecule has 2 aromatic carbocycles. The molecule has 0 bridgehead atoms. The lowest BCUT2D eigenvalue weighted by molar-refractivity contribution is 1.54. The van der Waals surface area contributed by atoms with E-state index in [0.717, 1.165) is 0 Å². The Kier molecular flexibility index (Phi) is 2.77. The van der Waals surface area contributed by atoms with Crippen molar-refractivity contribution < 1.29 is 0 Å². The topological polar surface area (TPSA) is 0 Å². The maximum Gasteiger partial charge on any atom is 0.539 e. The molecule has 0 aliphatic heterocycles. The Morgan fingerprint density at radius 3 is 2.62 bits per heavy atom. The van der Waals surface area contributed by atoms with Crippen molar-refractivity contribution in [1.82, 2.24) is 0 Å². The van der Waals surface area contributed by atoms with Crippen LogP contribution in [0.5, 0.6) is 0 Å². The van der Waals surface area contributed by atoms with Gasteiger partial charge in [-0.2, -0.15) is 0 Å². The van der Waals surface area contributed by atoms with Crippen molar-refractivity contribution in [3.63, 3.8) is 0 Å². The van der Waals surface area contributed by atoms with Gasteiger partial charge in [0.25, 0.3) is 0 Å². The van der Waals surface area contributed by atoms with Gasteiger partial charge in [-0.05, 0) is 17.7 Å². The van der Waals surface area contributed by atoms with Gasteiger partial charge >= 0.3 is 19.3 Å². The molecule has 0 unspecified atom stereocenters. The van der Waals surface area contributed by atoms with Crippen LogP contribution in [0.3, 0.4) is 0 Å². The summed E-state index contributed by atoms with van der Waals surface area (Å²) in [6, 6.07) is 12.8. The zero-order valence-corrected chi connectivity index (χ0v) is 9.72. The highest BCUT2D eigenvalue weighted by Gasteiger charge is 2.04. The molecule has 0 spiro atoms. The van der Waals surface area contributed by atoms with Gasteiger partial charge in [-0.15, -0.1) is 3.69 Å². The SMILES string of the molecule is Cc1ccc2ccccc2[c]1[Mg][Cl]. The van der Waals surface area contributed by atoms with E-state index in [1.54, 1.807) is 0 Å². The Morgan fingerprint density at radius 2 is 1.85 bits per heavy atom. The van der Waals surface area contributed by atoms with Crippen LogP contribution in [0.15, 0.2) is 36.4 Å². The molecule has 0 heterocycles. The number of hydrogen-bond donors (Lipinski definition) is 0. The predicted molar refractivity (Wildman–Crippen MR) is 59.9 cm³/mol. The molecule has 0 atom stereocenters. The number of aryl methyl sites for hydroxylation is 1. The quantitative estimate of drug-likeness (QED) is 0.622. The van der Waals surface area contributed by atoms with E-state index in [1.165, 1.54) is 20.0 Å². The van der Waals surface area contributed by atoms with E-state index in [-0.39, 0.29) is 0 Å². The van der Waals surface area contributed by atoms with Gasteiger partial charge in [0.05, 0.1) is 0 Å². The largest absolute Gasteiger partial charge is 0.539 e. The second kappa shape index (κ2) is 3.87. The van der Waals surface area contributed by atoms with Gasteiger partial charge in [0.2, 0.25) is 0 Å². The summed E-state index contributed by atoms with van der Waals surface area (Å²) in [6.45, 7) is 2.14. The molecule has 62 valence electrons. The molecule has 0 amide bonds. The normalized spacial score (nSPS) is 10.0. The molecule has 0 aromatic heterocycles. The number of rotatable bonds is 1. The molecule has 0 N–H and O–H groups in total. The van der Waals surface area contributed by atoms with E-state index >= 15 is 0 Å². The molecule has 0 saturated carbocycles. The lowest BCUT2D eigenvalue weighted by Crippen LogP contribution is -2.13. The highest BCUT2D eigenvalue weighted by molar-refractivity contribution is 7.02. The van der Waals surface area contributed by atoms with Crippen LogP contribution in [0.4, 0.5) is 0 Å². The van der Waals surface area contributed by atoms with Gasteiger partial charge < -0.3 is 9.07 Å². The average molecular weight is 201 g/mol. The second-order valence-electron chi connectivity index (χ2n) is 3.22. The number of hydrogen-bond acceptors (Lipinski definition) is 0. The highest BCUT2D eigenvalue weighted by Crippen LogP contribution is 2.13. The summed E-state index contributed by atoms with van der Waals surface area (Å²) in [7, 11) is 6.05. The molecule has 0 nitrogen and oxygen atoms in total. The average Bonchev–Trinajstić information content (AvgIpc) is 2.18. The fourth-order valence-corrected chi connectivity index (χ4v) is 3.48. The third kappa shape index (κ3) is 1.69. The van der Waals surface area contributed by atoms with Crippen LogP contribution in [0.1, 0.15) is 5.56 Å². The van der Waals surface area contributed by atoms with E-state index in [4.69, 9.17) is 9.07 Å². The lowest BCUT2D eigenvalue weighted by Gasteiger charge is -2.06. The number of fused-ring (bicyclic) bond motifs is 1. The minimum absolute atomic E-state index is 0.587. The summed E-state index contributed by atoms with van der Waals surface area (Å²) in [5.41, 5.74) is 1.33. The standard InChI is InChI=1S/C11H9.ClH.Mg/c1-9-6-7-10-4-2-3-5-11(10)8-9;;/h2-7H,1H3;1H;/q;;+1/p-1. The third-order valence-electron chi connectivity index (χ3n) is 2.41. The van der Waals surface area contributed by atoms with E-state index in [0.29, 0.717) is 0 Å². The van der Waals surface area contributed by atoms with Crippen LogP contribution in [-0.4, -0.2) is 19.3 Å². The van der Waals surface area contributed by atoms with Gasteiger partial charge in [-0.25, -0.2) is 0 Å². The molecule has 0 aliphatic rings. The first-order valence-corrected chi connectivity index (χ1v) is 7.20. The van der Waals surface area contributed by atoms with Crippen molar-refractivity contribution in [3.8, 4) is 0 Å². The van der Waals surface area contributed by atoms with Crippen LogP contribution < -0.4 is 3.69 Å². The summed E-state index contributed by atoms with van der Waals surface area (Å²) in [6.07, 6.45) is 0. The fourth-order valence-electron chi connectivity index (χ4n) is 1.62. The van der Waals surface area contributed by atoms with Gasteiger partial charge in [0.1, 0.15) is 0 Å². The van der Waals surface area contributed by atoms with Crippen LogP contribution in [0, 0.1) is 6.92 Å². The van der Waals surface area contributed by atoms with E-state index < -0.39 is 19.3 Å². The van der Waals surface area contributed by atoms with E-state index in [9.17, 15) is 0 Å². The van der Waals surface area contributed by atoms with Crippen LogP contribution in [0.2, 0.25) is 0 Å². The molecule has 0 aliphatic carbocycles. The summed E-state index contributed by atoms with van der Waals surface area (Å²) in [5, 5.41) is 2.64. The lowest BCUT2D eigenvalue weighted by atomic mass is 10.1. The Bertz CT molecular complexity index is 437. The highest BCUT2D eigenvalue weighted by atomic mass is 35.5. The monoisotopic (exact) mass is 200 g/mol. The van der Waals surface area contributed by atoms with Crippen molar-refractivity contribution in [3.05, 3.63) is 42.0 Å². The van der Waals surface area contributed by atoms with Crippen molar-refractivity contribution in [1.29, 1.82) is 0 Å². The molecule has 13 heavy (non-hydrogen) atoms. The first kappa shape index (κ1) is 9.32. The summed E-state index contributed by atoms with van der Waals surface area (Å²) in [4.78, 5) is 0. The van der Waals surface area contributed by atoms with Gasteiger partial charge in [0.15, 0.2) is 0 Å². The van der Waals surface area contributed by atoms with Gasteiger partial charge in [0, 0.05) is 0 Å². The zero-order chi connectivity index (χ0) is 9.26. The first-order chi connectivity index (χ1) is 6.33. The molecule has 0 radical (unpaired) electrons. The Morgan fingerprint density at radius 1 is 1.08 bits per heavy atom. The smallest absolute Gasteiger partial charge is 0.336 e. The van der Waals surface area contributed by atoms with Crippen molar-refractivity contribution >= 4 is 42.8 Å². The Balaban J connectivity index is 2.84. The fraction of sp³-hybridized carbons (Fsp3) is 0.0909. The molecule has 0 fully saturated rings. The minimum atomic E-state index is -0.587. The van der Waals surface area contributed by atoms with E-state index in [1.807, 2.05) is 0 Å². The molecular formula is C11H9ClMg. The van der Waals surface area contributed by atoms with Crippen LogP contribution in [0.25, 0.3) is 10.8 Å². The van der Waals surface area contributed by atoms with E-state index in [2.05, 4.69) is 43.3 Å². The second-order valence-corrected chi connectivity index (χ2v) is 4.99. The first-order valence-electron chi connectivity index (χ1n) is 4.36. The maximum absolute atomic E-state index is 6.05. The van der Waals surface area contributed by atoms with Crippen molar-refractivity contribution in [2.45, 2.75) is 6.92 Å². The molecule has 0 saturated heterocycles. The Hall–Kier alpha value is -0.244. The zero-order valence-electron chi connectivity index (χ0n) is 7.55. The molecular weight excluding hydrogens is 192 g/mol. The number of benzene rings is 2. The molecule has 2 rings (SSSR count). The van der Waals surface area contributed by atoms with Crippen molar-refractivity contribution in [2.75, 3.05) is 0 Å². The van der Waals surface area contributed by atoms with Gasteiger partial charge in [-0.3, -0.25) is 0 Å². The summed E-state index contributed by atoms with van der Waals surface area (Å²) in [5.74, 6) is 0. The predicted octanol–water partition coefficient (Wildman–Crippen LogP) is 2.63. The summed E-state index contributed by atoms with van der Waals surface area (Å²) >= 11 is -0.587. The minimum Gasteiger partial charge on any atom is -0.336 e. The van der Waals surface area contributed by atoms with Crippen molar-refractivity contribution in [2.24, 2.45) is 0 Å². The maximum atomic E-state index is 6.05. The Labute approximate surface area is 91.4 Å². The molecule has 2 heteroatoms. The number of halogens is 1.